The monoisotopic (exact) mass is 319 g/mol. The highest BCUT2D eigenvalue weighted by Gasteiger charge is 2.10. The lowest BCUT2D eigenvalue weighted by atomic mass is 9.94. The predicted octanol–water partition coefficient (Wildman–Crippen LogP) is 5.82. The van der Waals surface area contributed by atoms with Crippen LogP contribution in [-0.4, -0.2) is 26.7 Å². The topological polar surface area (TPSA) is 38.3 Å². The molecule has 0 aromatic carbocycles. The number of rotatable bonds is 8. The molecule has 0 aliphatic heterocycles. The van der Waals surface area contributed by atoms with Crippen molar-refractivity contribution in [1.82, 2.24) is 5.32 Å². The Morgan fingerprint density at radius 2 is 1.36 bits per heavy atom. The first-order valence-electron chi connectivity index (χ1n) is 9.26. The highest BCUT2D eigenvalue weighted by atomic mass is 16.5. The zero-order valence-corrected chi connectivity index (χ0v) is 17.1. The molecule has 0 heterocycles. The van der Waals surface area contributed by atoms with Gasteiger partial charge in [0, 0.05) is 27.2 Å². The molecule has 0 aromatic rings. The molecule has 0 atom stereocenters. The number of ether oxygens (including phenoxy) is 1. The molecule has 0 radical (unpaired) electrons. The van der Waals surface area contributed by atoms with Gasteiger partial charge in [-0.2, -0.15) is 0 Å². The first-order chi connectivity index (χ1) is 10.6. The van der Waals surface area contributed by atoms with Gasteiger partial charge in [0.1, 0.15) is 0 Å². The Bertz CT molecular complexity index is 165. The average molecular weight is 320 g/mol. The van der Waals surface area contributed by atoms with E-state index in [0.717, 1.165) is 13.0 Å². The number of hydrogen-bond acceptors (Lipinski definition) is 2. The molecule has 0 fully saturated rings. The zero-order chi connectivity index (χ0) is 18.2. The molecule has 0 aliphatic rings. The van der Waals surface area contributed by atoms with Crippen LogP contribution in [0.4, 0.5) is 0 Å². The molecular formula is C19H45NO2. The van der Waals surface area contributed by atoms with Gasteiger partial charge in [0.2, 0.25) is 5.91 Å². The Hall–Kier alpha value is -0.570. The number of nitrogens with one attached hydrogen (secondary N) is 1. The maximum Gasteiger partial charge on any atom is 0.220 e. The van der Waals surface area contributed by atoms with Crippen LogP contribution < -0.4 is 5.32 Å². The van der Waals surface area contributed by atoms with Crippen LogP contribution in [0.15, 0.2) is 0 Å². The summed E-state index contributed by atoms with van der Waals surface area (Å²) in [6.07, 6.45) is 7.81. The smallest absolute Gasteiger partial charge is 0.220 e. The largest absolute Gasteiger partial charge is 0.385 e. The molecule has 0 spiro atoms. The summed E-state index contributed by atoms with van der Waals surface area (Å²) in [6.45, 7) is 15.6. The van der Waals surface area contributed by atoms with Gasteiger partial charge in [-0.15, -0.1) is 0 Å². The quantitative estimate of drug-likeness (QED) is 0.611. The summed E-state index contributed by atoms with van der Waals surface area (Å²) in [5, 5.41) is 2.67. The van der Waals surface area contributed by atoms with Crippen molar-refractivity contribution in [1.29, 1.82) is 0 Å². The fraction of sp³-hybridized carbons (Fsp3) is 0.947. The third-order valence-corrected chi connectivity index (χ3v) is 2.56. The van der Waals surface area contributed by atoms with Gasteiger partial charge >= 0.3 is 0 Å². The van der Waals surface area contributed by atoms with E-state index in [9.17, 15) is 4.79 Å². The molecule has 0 saturated carbocycles. The summed E-state index contributed by atoms with van der Waals surface area (Å²) in [7, 11) is 3.42. The number of methoxy groups -OCH3 is 1. The SMILES string of the molecule is CC.CCC.CCCC(CCC)CC(=O)NC.CCCOC. The third-order valence-electron chi connectivity index (χ3n) is 2.56. The lowest BCUT2D eigenvalue weighted by Gasteiger charge is -2.13. The molecule has 0 rings (SSSR count). The molecule has 1 amide bonds. The summed E-state index contributed by atoms with van der Waals surface area (Å²) in [5.41, 5.74) is 0. The summed E-state index contributed by atoms with van der Waals surface area (Å²) in [6, 6.07) is 0. The summed E-state index contributed by atoms with van der Waals surface area (Å²) in [5.74, 6) is 0.779. The second-order valence-electron chi connectivity index (χ2n) is 5.02. The minimum Gasteiger partial charge on any atom is -0.385 e. The average Bonchev–Trinajstić information content (AvgIpc) is 2.52. The second kappa shape index (κ2) is 32.4. The van der Waals surface area contributed by atoms with E-state index < -0.39 is 0 Å². The Morgan fingerprint density at radius 3 is 1.55 bits per heavy atom. The Labute approximate surface area is 141 Å². The molecule has 0 unspecified atom stereocenters. The van der Waals surface area contributed by atoms with Crippen molar-refractivity contribution in [2.75, 3.05) is 20.8 Å². The van der Waals surface area contributed by atoms with Gasteiger partial charge in [0.25, 0.3) is 0 Å². The van der Waals surface area contributed by atoms with Crippen LogP contribution in [0.25, 0.3) is 0 Å². The fourth-order valence-electron chi connectivity index (χ4n) is 1.73. The lowest BCUT2D eigenvalue weighted by Crippen LogP contribution is -2.21. The van der Waals surface area contributed by atoms with E-state index in [0.29, 0.717) is 12.3 Å². The van der Waals surface area contributed by atoms with Gasteiger partial charge in [0.15, 0.2) is 0 Å². The minimum atomic E-state index is 0.182. The molecule has 3 nitrogen and oxygen atoms in total. The molecule has 138 valence electrons. The molecule has 0 aromatic heterocycles. The lowest BCUT2D eigenvalue weighted by molar-refractivity contribution is -0.121. The molecule has 0 bridgehead atoms. The van der Waals surface area contributed by atoms with Crippen molar-refractivity contribution in [2.24, 2.45) is 5.92 Å². The number of hydrogen-bond donors (Lipinski definition) is 1. The predicted molar refractivity (Wildman–Crippen MR) is 101 cm³/mol. The van der Waals surface area contributed by atoms with Crippen LogP contribution >= 0.6 is 0 Å². The minimum absolute atomic E-state index is 0.182. The van der Waals surface area contributed by atoms with E-state index in [4.69, 9.17) is 4.74 Å². The molecule has 1 N–H and O–H groups in total. The standard InChI is InChI=1S/C10H21NO.C4H10O.C3H8.C2H6/c1-4-6-9(7-5-2)8-10(12)11-3;1-3-4-5-2;1-3-2;1-2/h9H,4-8H2,1-3H3,(H,11,12);3-4H2,1-2H3;3H2,1-2H3;1-2H3. The summed E-state index contributed by atoms with van der Waals surface area (Å²) in [4.78, 5) is 11.1. The fourth-order valence-corrected chi connectivity index (χ4v) is 1.73. The van der Waals surface area contributed by atoms with Gasteiger partial charge in [-0.05, 0) is 12.3 Å². The summed E-state index contributed by atoms with van der Waals surface area (Å²) >= 11 is 0. The van der Waals surface area contributed by atoms with Crippen LogP contribution in [0, 0.1) is 5.92 Å². The van der Waals surface area contributed by atoms with Crippen molar-refractivity contribution in [3.8, 4) is 0 Å². The Balaban J connectivity index is -0.000000134. The van der Waals surface area contributed by atoms with E-state index in [-0.39, 0.29) is 5.91 Å². The van der Waals surface area contributed by atoms with Crippen LogP contribution in [0.3, 0.4) is 0 Å². The van der Waals surface area contributed by atoms with Crippen molar-refractivity contribution >= 4 is 5.91 Å². The van der Waals surface area contributed by atoms with Gasteiger partial charge in [-0.25, -0.2) is 0 Å². The van der Waals surface area contributed by atoms with Crippen LogP contribution in [0.1, 0.15) is 93.4 Å². The number of carbonyl (C=O) groups is 1. The molecular weight excluding hydrogens is 274 g/mol. The maximum atomic E-state index is 11.1. The van der Waals surface area contributed by atoms with Gasteiger partial charge < -0.3 is 10.1 Å². The highest BCUT2D eigenvalue weighted by molar-refractivity contribution is 5.75. The van der Waals surface area contributed by atoms with Gasteiger partial charge in [-0.1, -0.05) is 80.6 Å². The normalized spacial score (nSPS) is 8.64. The molecule has 3 heteroatoms. The van der Waals surface area contributed by atoms with E-state index in [1.807, 2.05) is 13.8 Å². The maximum absolute atomic E-state index is 11.1. The van der Waals surface area contributed by atoms with E-state index >= 15 is 0 Å². The van der Waals surface area contributed by atoms with E-state index in [2.05, 4.69) is 39.9 Å². The third kappa shape index (κ3) is 36.6. The van der Waals surface area contributed by atoms with Crippen LogP contribution in [0.2, 0.25) is 0 Å². The highest BCUT2D eigenvalue weighted by Crippen LogP contribution is 2.16. The Morgan fingerprint density at radius 1 is 0.955 bits per heavy atom. The second-order valence-corrected chi connectivity index (χ2v) is 5.02. The van der Waals surface area contributed by atoms with Crippen LogP contribution in [0.5, 0.6) is 0 Å². The van der Waals surface area contributed by atoms with Crippen molar-refractivity contribution in [3.63, 3.8) is 0 Å². The van der Waals surface area contributed by atoms with Crippen molar-refractivity contribution in [2.45, 2.75) is 93.4 Å². The zero-order valence-electron chi connectivity index (χ0n) is 17.1. The van der Waals surface area contributed by atoms with Crippen molar-refractivity contribution in [3.05, 3.63) is 0 Å². The number of carbonyl (C=O) groups excluding carboxylic acids is 1. The molecule has 0 aliphatic carbocycles. The van der Waals surface area contributed by atoms with Gasteiger partial charge in [0.05, 0.1) is 0 Å². The van der Waals surface area contributed by atoms with E-state index in [1.165, 1.54) is 32.1 Å². The first-order valence-corrected chi connectivity index (χ1v) is 9.26. The number of amides is 1. The van der Waals surface area contributed by atoms with Crippen LogP contribution in [-0.2, 0) is 9.53 Å². The Kier molecular flexibility index (Phi) is 43.4. The first kappa shape index (κ1) is 29.4. The summed E-state index contributed by atoms with van der Waals surface area (Å²) < 4.78 is 4.69. The van der Waals surface area contributed by atoms with Gasteiger partial charge in [-0.3, -0.25) is 4.79 Å². The molecule has 22 heavy (non-hydrogen) atoms. The van der Waals surface area contributed by atoms with E-state index in [1.54, 1.807) is 14.2 Å². The van der Waals surface area contributed by atoms with Crippen molar-refractivity contribution < 1.29 is 9.53 Å². The molecule has 0 saturated heterocycles.